The number of hydrogen-bond donors (Lipinski definition) is 2. The molecule has 2 atom stereocenters. The third-order valence-corrected chi connectivity index (χ3v) is 3.96. The first-order chi connectivity index (χ1) is 10.1. The second-order valence-corrected chi connectivity index (χ2v) is 5.45. The molecule has 6 nitrogen and oxygen atoms in total. The summed E-state index contributed by atoms with van der Waals surface area (Å²) < 4.78 is 10.9. The fourth-order valence-electron chi connectivity index (χ4n) is 2.67. The number of aryl methyl sites for hydroxylation is 2. The lowest BCUT2D eigenvalue weighted by Gasteiger charge is -2.11. The van der Waals surface area contributed by atoms with Crippen molar-refractivity contribution in [3.8, 4) is 17.1 Å². The molecule has 21 heavy (non-hydrogen) atoms. The van der Waals surface area contributed by atoms with Gasteiger partial charge in [0.05, 0.1) is 19.1 Å². The van der Waals surface area contributed by atoms with Gasteiger partial charge in [0, 0.05) is 11.6 Å². The number of phenols is 1. The summed E-state index contributed by atoms with van der Waals surface area (Å²) in [5.74, 6) is 1.51. The minimum atomic E-state index is 0.0792. The van der Waals surface area contributed by atoms with Gasteiger partial charge in [-0.3, -0.25) is 0 Å². The molecule has 0 bridgehead atoms. The Kier molecular flexibility index (Phi) is 3.65. The number of nitrogens with zero attached hydrogens (tertiary/aromatic N) is 2. The fourth-order valence-corrected chi connectivity index (χ4v) is 2.67. The van der Waals surface area contributed by atoms with Crippen molar-refractivity contribution < 1.29 is 14.4 Å². The summed E-state index contributed by atoms with van der Waals surface area (Å²) in [6, 6.07) is 3.91. The molecule has 0 saturated carbocycles. The summed E-state index contributed by atoms with van der Waals surface area (Å²) in [6.07, 6.45) is 0. The Balaban J connectivity index is 1.91. The standard InChI is InChI=1S/C15H19N3O3/c1-8-4-10(5-9(2)13(8)19)14-17-15(21-18-14)11-6-20-7-12(11)16-3/h4-5,11-12,16,19H,6-7H2,1-3H3. The van der Waals surface area contributed by atoms with Gasteiger partial charge in [0.1, 0.15) is 5.75 Å². The van der Waals surface area contributed by atoms with Crippen LogP contribution in [0, 0.1) is 13.8 Å². The summed E-state index contributed by atoms with van der Waals surface area (Å²) in [5.41, 5.74) is 2.44. The molecular formula is C15H19N3O3. The largest absolute Gasteiger partial charge is 0.507 e. The van der Waals surface area contributed by atoms with Crippen LogP contribution < -0.4 is 5.32 Å². The first-order valence-corrected chi connectivity index (χ1v) is 6.99. The lowest BCUT2D eigenvalue weighted by atomic mass is 10.0. The molecule has 1 saturated heterocycles. The molecule has 3 rings (SSSR count). The minimum absolute atomic E-state index is 0.0792. The summed E-state index contributed by atoms with van der Waals surface area (Å²) in [7, 11) is 1.90. The van der Waals surface area contributed by atoms with Gasteiger partial charge in [0.25, 0.3) is 0 Å². The zero-order chi connectivity index (χ0) is 15.0. The van der Waals surface area contributed by atoms with E-state index in [2.05, 4.69) is 15.5 Å². The van der Waals surface area contributed by atoms with Crippen molar-refractivity contribution in [1.82, 2.24) is 15.5 Å². The molecule has 0 aliphatic carbocycles. The van der Waals surface area contributed by atoms with Crippen LogP contribution in [-0.4, -0.2) is 41.6 Å². The van der Waals surface area contributed by atoms with Crippen LogP contribution in [0.1, 0.15) is 22.9 Å². The van der Waals surface area contributed by atoms with Gasteiger partial charge in [-0.25, -0.2) is 0 Å². The molecule has 0 radical (unpaired) electrons. The molecule has 2 unspecified atom stereocenters. The molecule has 2 aromatic rings. The second-order valence-electron chi connectivity index (χ2n) is 5.45. The van der Waals surface area contributed by atoms with E-state index < -0.39 is 0 Å². The van der Waals surface area contributed by atoms with E-state index in [0.29, 0.717) is 30.7 Å². The third kappa shape index (κ3) is 2.52. The quantitative estimate of drug-likeness (QED) is 0.896. The third-order valence-electron chi connectivity index (χ3n) is 3.96. The SMILES string of the molecule is CNC1COCC1c1nc(-c2cc(C)c(O)c(C)c2)no1. The molecule has 6 heteroatoms. The number of benzene rings is 1. The van der Waals surface area contributed by atoms with E-state index in [4.69, 9.17) is 9.26 Å². The van der Waals surface area contributed by atoms with Crippen LogP contribution in [0.2, 0.25) is 0 Å². The Morgan fingerprint density at radius 3 is 2.62 bits per heavy atom. The van der Waals surface area contributed by atoms with E-state index in [9.17, 15) is 5.11 Å². The maximum Gasteiger partial charge on any atom is 0.234 e. The molecule has 0 amide bonds. The molecule has 1 aliphatic heterocycles. The molecule has 2 N–H and O–H groups in total. The Labute approximate surface area is 123 Å². The van der Waals surface area contributed by atoms with E-state index in [1.165, 1.54) is 0 Å². The lowest BCUT2D eigenvalue weighted by molar-refractivity contribution is 0.185. The number of rotatable bonds is 3. The van der Waals surface area contributed by atoms with Gasteiger partial charge in [-0.1, -0.05) is 5.16 Å². The normalized spacial score (nSPS) is 21.9. The number of ether oxygens (including phenoxy) is 1. The van der Waals surface area contributed by atoms with Gasteiger partial charge in [0.2, 0.25) is 11.7 Å². The Morgan fingerprint density at radius 1 is 1.24 bits per heavy atom. The van der Waals surface area contributed by atoms with Crippen molar-refractivity contribution in [2.75, 3.05) is 20.3 Å². The number of phenolic OH excluding ortho intramolecular Hbond substituents is 1. The van der Waals surface area contributed by atoms with Crippen molar-refractivity contribution in [2.24, 2.45) is 0 Å². The molecular weight excluding hydrogens is 270 g/mol. The van der Waals surface area contributed by atoms with Gasteiger partial charge in [-0.05, 0) is 44.2 Å². The van der Waals surface area contributed by atoms with Crippen LogP contribution in [0.4, 0.5) is 0 Å². The topological polar surface area (TPSA) is 80.4 Å². The van der Waals surface area contributed by atoms with E-state index >= 15 is 0 Å². The van der Waals surface area contributed by atoms with Crippen LogP contribution in [-0.2, 0) is 4.74 Å². The molecule has 0 spiro atoms. The van der Waals surface area contributed by atoms with Crippen molar-refractivity contribution in [3.05, 3.63) is 29.2 Å². The summed E-state index contributed by atoms with van der Waals surface area (Å²) >= 11 is 0. The van der Waals surface area contributed by atoms with Crippen molar-refractivity contribution in [2.45, 2.75) is 25.8 Å². The number of nitrogens with one attached hydrogen (secondary N) is 1. The molecule has 1 aliphatic rings. The first-order valence-electron chi connectivity index (χ1n) is 6.99. The van der Waals surface area contributed by atoms with Crippen LogP contribution in [0.5, 0.6) is 5.75 Å². The average molecular weight is 289 g/mol. The van der Waals surface area contributed by atoms with Crippen LogP contribution in [0.25, 0.3) is 11.4 Å². The molecule has 1 aromatic heterocycles. The van der Waals surface area contributed by atoms with E-state index in [-0.39, 0.29) is 12.0 Å². The maximum atomic E-state index is 9.83. The summed E-state index contributed by atoms with van der Waals surface area (Å²) in [4.78, 5) is 4.49. The predicted octanol–water partition coefficient (Wildman–Crippen LogP) is 1.76. The highest BCUT2D eigenvalue weighted by Crippen LogP contribution is 2.30. The number of hydrogen-bond acceptors (Lipinski definition) is 6. The van der Waals surface area contributed by atoms with Crippen molar-refractivity contribution in [3.63, 3.8) is 0 Å². The van der Waals surface area contributed by atoms with Crippen LogP contribution in [0.3, 0.4) is 0 Å². The van der Waals surface area contributed by atoms with E-state index in [1.54, 1.807) is 0 Å². The minimum Gasteiger partial charge on any atom is -0.507 e. The van der Waals surface area contributed by atoms with Gasteiger partial charge in [0.15, 0.2) is 0 Å². The number of aromatic hydroxyl groups is 1. The van der Waals surface area contributed by atoms with Gasteiger partial charge >= 0.3 is 0 Å². The maximum absolute atomic E-state index is 9.83. The zero-order valence-corrected chi connectivity index (χ0v) is 12.4. The Morgan fingerprint density at radius 2 is 1.95 bits per heavy atom. The van der Waals surface area contributed by atoms with Gasteiger partial charge < -0.3 is 19.7 Å². The van der Waals surface area contributed by atoms with Crippen LogP contribution >= 0.6 is 0 Å². The summed E-state index contributed by atoms with van der Waals surface area (Å²) in [6.45, 7) is 4.94. The Hall–Kier alpha value is -1.92. The number of likely N-dealkylation sites (N-methyl/N-ethyl adjacent to an activating group) is 1. The fraction of sp³-hybridized carbons (Fsp3) is 0.467. The highest BCUT2D eigenvalue weighted by Gasteiger charge is 2.33. The predicted molar refractivity (Wildman–Crippen MR) is 77.3 cm³/mol. The zero-order valence-electron chi connectivity index (χ0n) is 12.4. The lowest BCUT2D eigenvalue weighted by Crippen LogP contribution is -2.31. The van der Waals surface area contributed by atoms with Crippen molar-refractivity contribution >= 4 is 0 Å². The van der Waals surface area contributed by atoms with Gasteiger partial charge in [-0.15, -0.1) is 0 Å². The van der Waals surface area contributed by atoms with E-state index in [1.807, 2.05) is 33.0 Å². The molecule has 2 heterocycles. The smallest absolute Gasteiger partial charge is 0.234 e. The van der Waals surface area contributed by atoms with Gasteiger partial charge in [-0.2, -0.15) is 4.98 Å². The number of aromatic nitrogens is 2. The van der Waals surface area contributed by atoms with E-state index in [0.717, 1.165) is 16.7 Å². The summed E-state index contributed by atoms with van der Waals surface area (Å²) in [5, 5.41) is 17.1. The monoisotopic (exact) mass is 289 g/mol. The molecule has 112 valence electrons. The second kappa shape index (κ2) is 5.46. The average Bonchev–Trinajstić information content (AvgIpc) is 3.11. The molecule has 1 aromatic carbocycles. The van der Waals surface area contributed by atoms with Crippen molar-refractivity contribution in [1.29, 1.82) is 0 Å². The Bertz CT molecular complexity index is 630. The highest BCUT2D eigenvalue weighted by molar-refractivity contribution is 5.60. The highest BCUT2D eigenvalue weighted by atomic mass is 16.5. The molecule has 1 fully saturated rings. The first kappa shape index (κ1) is 14.0. The van der Waals surface area contributed by atoms with Crippen LogP contribution in [0.15, 0.2) is 16.7 Å².